The first kappa shape index (κ1) is 16.1. The van der Waals surface area contributed by atoms with Crippen LogP contribution in [-0.2, 0) is 9.05 Å². The molecule has 1 fully saturated rings. The molecule has 1 aliphatic rings. The van der Waals surface area contributed by atoms with Crippen molar-refractivity contribution in [3.63, 3.8) is 0 Å². The standard InChI is InChI=1S/C14H18ClNO4S/c1-3-10-6-7-16(9-10)14(17)12-8-11(21(15,18)19)4-5-13(12)20-2/h4-5,8,10H,3,6-7,9H2,1-2H3. The number of hydrogen-bond donors (Lipinski definition) is 0. The maximum absolute atomic E-state index is 12.6. The van der Waals surface area contributed by atoms with Crippen molar-refractivity contribution in [2.24, 2.45) is 5.92 Å². The average molecular weight is 332 g/mol. The van der Waals surface area contributed by atoms with E-state index in [0.29, 0.717) is 24.8 Å². The van der Waals surface area contributed by atoms with Crippen molar-refractivity contribution in [1.82, 2.24) is 4.90 Å². The number of hydrogen-bond acceptors (Lipinski definition) is 4. The van der Waals surface area contributed by atoms with E-state index in [9.17, 15) is 13.2 Å². The predicted octanol–water partition coefficient (Wildman–Crippen LogP) is 2.49. The van der Waals surface area contributed by atoms with E-state index in [4.69, 9.17) is 15.4 Å². The van der Waals surface area contributed by atoms with E-state index in [0.717, 1.165) is 12.8 Å². The van der Waals surface area contributed by atoms with Crippen LogP contribution in [0.25, 0.3) is 0 Å². The minimum Gasteiger partial charge on any atom is -0.496 e. The fourth-order valence-corrected chi connectivity index (χ4v) is 3.30. The number of carbonyl (C=O) groups excluding carboxylic acids is 1. The first-order valence-corrected chi connectivity index (χ1v) is 9.09. The molecular weight excluding hydrogens is 314 g/mol. The number of rotatable bonds is 4. The third kappa shape index (κ3) is 3.49. The molecule has 1 unspecified atom stereocenters. The molecule has 1 aromatic carbocycles. The van der Waals surface area contributed by atoms with E-state index < -0.39 is 9.05 Å². The Kier molecular flexibility index (Phi) is 4.78. The zero-order valence-electron chi connectivity index (χ0n) is 12.0. The molecule has 2 rings (SSSR count). The van der Waals surface area contributed by atoms with E-state index in [1.54, 1.807) is 4.90 Å². The van der Waals surface area contributed by atoms with Gasteiger partial charge < -0.3 is 9.64 Å². The smallest absolute Gasteiger partial charge is 0.261 e. The first-order chi connectivity index (χ1) is 9.86. The van der Waals surface area contributed by atoms with Crippen molar-refractivity contribution >= 4 is 25.6 Å². The summed E-state index contributed by atoms with van der Waals surface area (Å²) in [5, 5.41) is 0. The lowest BCUT2D eigenvalue weighted by Crippen LogP contribution is -2.29. The summed E-state index contributed by atoms with van der Waals surface area (Å²) in [5.74, 6) is 0.633. The van der Waals surface area contributed by atoms with Gasteiger partial charge in [0.1, 0.15) is 5.75 Å². The number of methoxy groups -OCH3 is 1. The largest absolute Gasteiger partial charge is 0.496 e. The van der Waals surface area contributed by atoms with Crippen LogP contribution in [-0.4, -0.2) is 39.4 Å². The minimum atomic E-state index is -3.88. The molecule has 7 heteroatoms. The SMILES string of the molecule is CCC1CCN(C(=O)c2cc(S(=O)(=O)Cl)ccc2OC)C1. The highest BCUT2D eigenvalue weighted by Gasteiger charge is 2.28. The molecule has 1 aromatic rings. The Hall–Kier alpha value is -1.27. The summed E-state index contributed by atoms with van der Waals surface area (Å²) in [5.41, 5.74) is 0.232. The second-order valence-corrected chi connectivity index (χ2v) is 7.68. The highest BCUT2D eigenvalue weighted by Crippen LogP contribution is 2.28. The molecule has 0 aromatic heterocycles. The number of amides is 1. The van der Waals surface area contributed by atoms with Gasteiger partial charge in [0.15, 0.2) is 0 Å². The van der Waals surface area contributed by atoms with Gasteiger partial charge in [-0.15, -0.1) is 0 Å². The molecule has 0 N–H and O–H groups in total. The van der Waals surface area contributed by atoms with Gasteiger partial charge >= 0.3 is 0 Å². The quantitative estimate of drug-likeness (QED) is 0.795. The Bertz CT molecular complexity index is 644. The molecule has 21 heavy (non-hydrogen) atoms. The summed E-state index contributed by atoms with van der Waals surface area (Å²) in [4.78, 5) is 14.2. The van der Waals surface area contributed by atoms with Crippen molar-refractivity contribution in [2.75, 3.05) is 20.2 Å². The summed E-state index contributed by atoms with van der Waals surface area (Å²) in [6.45, 7) is 3.47. The van der Waals surface area contributed by atoms with Crippen molar-refractivity contribution < 1.29 is 17.9 Å². The molecule has 1 heterocycles. The molecule has 1 saturated heterocycles. The summed E-state index contributed by atoms with van der Waals surface area (Å²) in [6, 6.07) is 4.06. The molecule has 1 aliphatic heterocycles. The zero-order valence-corrected chi connectivity index (χ0v) is 13.6. The van der Waals surface area contributed by atoms with E-state index in [2.05, 4.69) is 6.92 Å². The normalized spacial score (nSPS) is 18.8. The van der Waals surface area contributed by atoms with Crippen LogP contribution in [0.3, 0.4) is 0 Å². The average Bonchev–Trinajstić information content (AvgIpc) is 2.93. The lowest BCUT2D eigenvalue weighted by molar-refractivity contribution is 0.0783. The molecule has 0 spiro atoms. The molecule has 116 valence electrons. The van der Waals surface area contributed by atoms with Crippen LogP contribution < -0.4 is 4.74 Å². The Morgan fingerprint density at radius 3 is 2.71 bits per heavy atom. The van der Waals surface area contributed by atoms with Gasteiger partial charge in [-0.1, -0.05) is 13.3 Å². The van der Waals surface area contributed by atoms with Crippen LogP contribution in [0.5, 0.6) is 5.75 Å². The Morgan fingerprint density at radius 1 is 1.48 bits per heavy atom. The second-order valence-electron chi connectivity index (χ2n) is 5.11. The van der Waals surface area contributed by atoms with Crippen LogP contribution in [0, 0.1) is 5.92 Å². The van der Waals surface area contributed by atoms with E-state index in [1.165, 1.54) is 25.3 Å². The van der Waals surface area contributed by atoms with Crippen LogP contribution in [0.15, 0.2) is 23.1 Å². The molecule has 1 atom stereocenters. The predicted molar refractivity (Wildman–Crippen MR) is 80.3 cm³/mol. The van der Waals surface area contributed by atoms with E-state index >= 15 is 0 Å². The molecule has 0 radical (unpaired) electrons. The van der Waals surface area contributed by atoms with Crippen molar-refractivity contribution in [1.29, 1.82) is 0 Å². The third-order valence-corrected chi connectivity index (χ3v) is 5.18. The van der Waals surface area contributed by atoms with Crippen molar-refractivity contribution in [3.05, 3.63) is 23.8 Å². The molecule has 0 saturated carbocycles. The van der Waals surface area contributed by atoms with Gasteiger partial charge in [-0.3, -0.25) is 4.79 Å². The van der Waals surface area contributed by atoms with Crippen LogP contribution in [0.1, 0.15) is 30.1 Å². The lowest BCUT2D eigenvalue weighted by atomic mass is 10.1. The van der Waals surface area contributed by atoms with Gasteiger partial charge in [-0.2, -0.15) is 0 Å². The summed E-state index contributed by atoms with van der Waals surface area (Å²) in [7, 11) is 2.91. The molecule has 0 aliphatic carbocycles. The fraction of sp³-hybridized carbons (Fsp3) is 0.500. The second kappa shape index (κ2) is 6.23. The van der Waals surface area contributed by atoms with Crippen LogP contribution in [0.4, 0.5) is 0 Å². The van der Waals surface area contributed by atoms with Gasteiger partial charge in [0.05, 0.1) is 17.6 Å². The third-order valence-electron chi connectivity index (χ3n) is 3.83. The zero-order chi connectivity index (χ0) is 15.6. The number of ether oxygens (including phenoxy) is 1. The summed E-state index contributed by atoms with van der Waals surface area (Å²) >= 11 is 0. The molecular formula is C14H18ClNO4S. The topological polar surface area (TPSA) is 63.7 Å². The highest BCUT2D eigenvalue weighted by atomic mass is 35.7. The van der Waals surface area contributed by atoms with Crippen LogP contribution in [0.2, 0.25) is 0 Å². The van der Waals surface area contributed by atoms with Gasteiger partial charge in [0, 0.05) is 23.8 Å². The van der Waals surface area contributed by atoms with Crippen molar-refractivity contribution in [2.45, 2.75) is 24.7 Å². The monoisotopic (exact) mass is 331 g/mol. The molecule has 5 nitrogen and oxygen atoms in total. The summed E-state index contributed by atoms with van der Waals surface area (Å²) < 4.78 is 28.0. The maximum atomic E-state index is 12.6. The molecule has 0 bridgehead atoms. The van der Waals surface area contributed by atoms with E-state index in [1.807, 2.05) is 0 Å². The Balaban J connectivity index is 2.35. The highest BCUT2D eigenvalue weighted by molar-refractivity contribution is 8.13. The van der Waals surface area contributed by atoms with E-state index in [-0.39, 0.29) is 16.4 Å². The number of carbonyl (C=O) groups is 1. The number of nitrogens with zero attached hydrogens (tertiary/aromatic N) is 1. The molecule has 1 amide bonds. The van der Waals surface area contributed by atoms with Gasteiger partial charge in [0.25, 0.3) is 15.0 Å². The van der Waals surface area contributed by atoms with Gasteiger partial charge in [0.2, 0.25) is 0 Å². The summed E-state index contributed by atoms with van der Waals surface area (Å²) in [6.07, 6.45) is 2.00. The first-order valence-electron chi connectivity index (χ1n) is 6.78. The van der Waals surface area contributed by atoms with Gasteiger partial charge in [-0.25, -0.2) is 8.42 Å². The maximum Gasteiger partial charge on any atom is 0.261 e. The van der Waals surface area contributed by atoms with Gasteiger partial charge in [-0.05, 0) is 30.5 Å². The number of halogens is 1. The van der Waals surface area contributed by atoms with Crippen molar-refractivity contribution in [3.8, 4) is 5.75 Å². The minimum absolute atomic E-state index is 0.0976. The number of benzene rings is 1. The lowest BCUT2D eigenvalue weighted by Gasteiger charge is -2.18. The van der Waals surface area contributed by atoms with Crippen LogP contribution >= 0.6 is 10.7 Å². The Morgan fingerprint density at radius 2 is 2.19 bits per heavy atom. The Labute approximate surface area is 129 Å². The number of likely N-dealkylation sites (tertiary alicyclic amines) is 1. The fourth-order valence-electron chi connectivity index (χ4n) is 2.53.